The number of nitrogens with zero attached hydrogens (tertiary/aromatic N) is 2. The third-order valence-corrected chi connectivity index (χ3v) is 2.97. The summed E-state index contributed by atoms with van der Waals surface area (Å²) in [7, 11) is 0. The highest BCUT2D eigenvalue weighted by Gasteiger charge is 2.06. The van der Waals surface area contributed by atoms with Crippen LogP contribution in [0.3, 0.4) is 0 Å². The molecule has 1 aromatic heterocycles. The molecule has 0 atom stereocenters. The first-order valence-corrected chi connectivity index (χ1v) is 6.20. The summed E-state index contributed by atoms with van der Waals surface area (Å²) in [5.74, 6) is 0.840. The lowest BCUT2D eigenvalue weighted by Crippen LogP contribution is -2.08. The van der Waals surface area contributed by atoms with E-state index in [-0.39, 0.29) is 0 Å². The molecule has 0 bridgehead atoms. The number of benzene rings is 1. The first-order valence-electron chi connectivity index (χ1n) is 5.82. The van der Waals surface area contributed by atoms with Crippen LogP contribution in [0.4, 0.5) is 5.95 Å². The van der Waals surface area contributed by atoms with Gasteiger partial charge in [0, 0.05) is 17.8 Å². The molecule has 0 saturated carbocycles. The topological polar surface area (TPSA) is 29.9 Å². The van der Waals surface area contributed by atoms with Gasteiger partial charge in [0.2, 0.25) is 5.95 Å². The van der Waals surface area contributed by atoms with Crippen LogP contribution in [-0.2, 0) is 6.54 Å². The van der Waals surface area contributed by atoms with Crippen LogP contribution in [-0.4, -0.2) is 16.1 Å². The van der Waals surface area contributed by atoms with Crippen LogP contribution in [0.15, 0.2) is 43.1 Å². The molecule has 2 aromatic rings. The maximum absolute atomic E-state index is 6.17. The number of hydrogen-bond acceptors (Lipinski definition) is 2. The highest BCUT2D eigenvalue weighted by Crippen LogP contribution is 2.18. The van der Waals surface area contributed by atoms with E-state index in [1.165, 1.54) is 0 Å². The van der Waals surface area contributed by atoms with Crippen molar-refractivity contribution in [3.63, 3.8) is 0 Å². The van der Waals surface area contributed by atoms with Gasteiger partial charge < -0.3 is 9.88 Å². The number of imidazole rings is 1. The van der Waals surface area contributed by atoms with Crippen molar-refractivity contribution in [3.05, 3.63) is 59.4 Å². The fourth-order valence-corrected chi connectivity index (χ4v) is 1.98. The van der Waals surface area contributed by atoms with Gasteiger partial charge in [-0.2, -0.15) is 0 Å². The second-order valence-electron chi connectivity index (χ2n) is 4.09. The Morgan fingerprint density at radius 3 is 2.94 bits per heavy atom. The lowest BCUT2D eigenvalue weighted by atomic mass is 10.2. The molecular weight excluding hydrogens is 246 g/mol. The molecule has 18 heavy (non-hydrogen) atoms. The molecular formula is C14H16ClN3. The molecule has 1 aromatic carbocycles. The minimum Gasteiger partial charge on any atom is -0.352 e. The normalized spacial score (nSPS) is 10.3. The number of rotatable bonds is 5. The predicted octanol–water partition coefficient (Wildman–Crippen LogP) is 3.49. The van der Waals surface area contributed by atoms with Crippen LogP contribution in [0.5, 0.6) is 0 Å². The Morgan fingerprint density at radius 1 is 1.44 bits per heavy atom. The van der Waals surface area contributed by atoms with Crippen molar-refractivity contribution in [2.75, 3.05) is 11.9 Å². The molecule has 0 saturated heterocycles. The van der Waals surface area contributed by atoms with Crippen LogP contribution >= 0.6 is 11.6 Å². The Balaban J connectivity index is 2.23. The van der Waals surface area contributed by atoms with Crippen LogP contribution in [0.1, 0.15) is 11.3 Å². The summed E-state index contributed by atoms with van der Waals surface area (Å²) in [6.07, 6.45) is 3.82. The fourth-order valence-electron chi connectivity index (χ4n) is 1.78. The summed E-state index contributed by atoms with van der Waals surface area (Å²) in [5, 5.41) is 3.99. The molecule has 0 amide bonds. The van der Waals surface area contributed by atoms with E-state index in [0.29, 0.717) is 13.1 Å². The molecule has 1 heterocycles. The van der Waals surface area contributed by atoms with Crippen molar-refractivity contribution in [3.8, 4) is 0 Å². The number of halogens is 1. The highest BCUT2D eigenvalue weighted by molar-refractivity contribution is 6.31. The smallest absolute Gasteiger partial charge is 0.203 e. The summed E-state index contributed by atoms with van der Waals surface area (Å²) < 4.78 is 2.06. The van der Waals surface area contributed by atoms with Crippen molar-refractivity contribution in [1.82, 2.24) is 9.55 Å². The second kappa shape index (κ2) is 5.74. The van der Waals surface area contributed by atoms with Crippen molar-refractivity contribution in [1.29, 1.82) is 0 Å². The monoisotopic (exact) mass is 261 g/mol. The molecule has 1 N–H and O–H groups in total. The quantitative estimate of drug-likeness (QED) is 0.835. The van der Waals surface area contributed by atoms with Gasteiger partial charge in [-0.25, -0.2) is 4.98 Å². The predicted molar refractivity (Wildman–Crippen MR) is 76.2 cm³/mol. The summed E-state index contributed by atoms with van der Waals surface area (Å²) in [4.78, 5) is 4.43. The van der Waals surface area contributed by atoms with Crippen LogP contribution in [0, 0.1) is 6.92 Å². The molecule has 3 nitrogen and oxygen atoms in total. The fraction of sp³-hybridized carbons (Fsp3) is 0.214. The first kappa shape index (κ1) is 12.7. The van der Waals surface area contributed by atoms with E-state index in [4.69, 9.17) is 11.6 Å². The van der Waals surface area contributed by atoms with E-state index < -0.39 is 0 Å². The molecule has 0 aliphatic carbocycles. The third kappa shape index (κ3) is 2.93. The van der Waals surface area contributed by atoms with Gasteiger partial charge in [0.05, 0.1) is 12.2 Å². The Labute approximate surface area is 112 Å². The molecule has 0 fully saturated rings. The molecule has 94 valence electrons. The average Bonchev–Trinajstić information content (AvgIpc) is 2.70. The summed E-state index contributed by atoms with van der Waals surface area (Å²) >= 11 is 6.17. The highest BCUT2D eigenvalue weighted by atomic mass is 35.5. The van der Waals surface area contributed by atoms with Gasteiger partial charge in [-0.1, -0.05) is 35.9 Å². The van der Waals surface area contributed by atoms with E-state index in [0.717, 1.165) is 22.2 Å². The van der Waals surface area contributed by atoms with Crippen LogP contribution in [0.2, 0.25) is 5.02 Å². The molecule has 0 unspecified atom stereocenters. The first-order chi connectivity index (χ1) is 8.70. The summed E-state index contributed by atoms with van der Waals surface area (Å²) in [5.41, 5.74) is 2.06. The molecule has 2 rings (SSSR count). The minimum atomic E-state index is 0.693. The van der Waals surface area contributed by atoms with Crippen molar-refractivity contribution in [2.45, 2.75) is 13.5 Å². The van der Waals surface area contributed by atoms with Gasteiger partial charge >= 0.3 is 0 Å². The molecule has 0 aliphatic heterocycles. The van der Waals surface area contributed by atoms with Gasteiger partial charge in [-0.15, -0.1) is 6.58 Å². The third-order valence-electron chi connectivity index (χ3n) is 2.60. The molecule has 0 radical (unpaired) electrons. The molecule has 4 heteroatoms. The average molecular weight is 262 g/mol. The maximum Gasteiger partial charge on any atom is 0.203 e. The summed E-state index contributed by atoms with van der Waals surface area (Å²) in [6, 6.07) is 7.84. The van der Waals surface area contributed by atoms with Crippen molar-refractivity contribution in [2.24, 2.45) is 0 Å². The van der Waals surface area contributed by atoms with Crippen LogP contribution in [0.25, 0.3) is 0 Å². The Morgan fingerprint density at radius 2 is 2.22 bits per heavy atom. The standard InChI is InChI=1S/C14H16ClN3/c1-3-8-16-14-17-11(2)9-18(14)10-12-6-4-5-7-13(12)15/h3-7,9H,1,8,10H2,2H3,(H,16,17). The number of aromatic nitrogens is 2. The van der Waals surface area contributed by atoms with E-state index in [1.54, 1.807) is 0 Å². The number of hydrogen-bond donors (Lipinski definition) is 1. The Kier molecular flexibility index (Phi) is 4.05. The zero-order valence-corrected chi connectivity index (χ0v) is 11.1. The van der Waals surface area contributed by atoms with Crippen molar-refractivity contribution >= 4 is 17.5 Å². The van der Waals surface area contributed by atoms with Gasteiger partial charge in [-0.05, 0) is 18.6 Å². The minimum absolute atomic E-state index is 0.693. The molecule has 0 spiro atoms. The van der Waals surface area contributed by atoms with E-state index >= 15 is 0 Å². The largest absolute Gasteiger partial charge is 0.352 e. The lowest BCUT2D eigenvalue weighted by molar-refractivity contribution is 0.802. The van der Waals surface area contributed by atoms with Gasteiger partial charge in [0.25, 0.3) is 0 Å². The maximum atomic E-state index is 6.17. The SMILES string of the molecule is C=CCNc1nc(C)cn1Cc1ccccc1Cl. The molecule has 0 aliphatic rings. The second-order valence-corrected chi connectivity index (χ2v) is 4.50. The van der Waals surface area contributed by atoms with Crippen LogP contribution < -0.4 is 5.32 Å². The number of nitrogens with one attached hydrogen (secondary N) is 1. The van der Waals surface area contributed by atoms with E-state index in [2.05, 4.69) is 21.4 Å². The zero-order valence-electron chi connectivity index (χ0n) is 10.4. The van der Waals surface area contributed by atoms with Crippen molar-refractivity contribution < 1.29 is 0 Å². The van der Waals surface area contributed by atoms with E-state index in [1.807, 2.05) is 43.5 Å². The summed E-state index contributed by atoms with van der Waals surface area (Å²) in [6.45, 7) is 7.07. The van der Waals surface area contributed by atoms with Gasteiger partial charge in [0.15, 0.2) is 0 Å². The van der Waals surface area contributed by atoms with Gasteiger partial charge in [-0.3, -0.25) is 0 Å². The number of anilines is 1. The Hall–Kier alpha value is -1.74. The van der Waals surface area contributed by atoms with Gasteiger partial charge in [0.1, 0.15) is 0 Å². The zero-order chi connectivity index (χ0) is 13.0. The number of aryl methyl sites for hydroxylation is 1. The lowest BCUT2D eigenvalue weighted by Gasteiger charge is -2.09. The van der Waals surface area contributed by atoms with E-state index in [9.17, 15) is 0 Å². The Bertz CT molecular complexity index is 546.